The molecule has 1 rings (SSSR count). The maximum absolute atomic E-state index is 5.92. The van der Waals surface area contributed by atoms with E-state index < -0.39 is 0 Å². The van der Waals surface area contributed by atoms with Crippen LogP contribution in [-0.4, -0.2) is 52.3 Å². The van der Waals surface area contributed by atoms with Crippen molar-refractivity contribution in [2.75, 3.05) is 34.4 Å². The quantitative estimate of drug-likeness (QED) is 0.276. The number of aliphatic imine (C=N–C) groups is 1. The van der Waals surface area contributed by atoms with Crippen LogP contribution >= 0.6 is 0 Å². The van der Waals surface area contributed by atoms with E-state index in [4.69, 9.17) is 15.2 Å². The minimum atomic E-state index is 0.216. The minimum absolute atomic E-state index is 0.216. The predicted molar refractivity (Wildman–Crippen MR) is 81.7 cm³/mol. The third-order valence-corrected chi connectivity index (χ3v) is 3.52. The lowest BCUT2D eigenvalue weighted by Crippen LogP contribution is -2.33. The molecule has 1 aliphatic carbocycles. The largest absolute Gasteiger partial charge is 0.476 e. The summed E-state index contributed by atoms with van der Waals surface area (Å²) in [5, 5.41) is 6.44. The minimum Gasteiger partial charge on any atom is -0.476 e. The van der Waals surface area contributed by atoms with Crippen LogP contribution in [0.1, 0.15) is 25.7 Å². The molecule has 0 radical (unpaired) electrons. The van der Waals surface area contributed by atoms with Crippen LogP contribution in [-0.2, 0) is 9.47 Å². The number of methoxy groups -OCH3 is 1. The first-order chi connectivity index (χ1) is 9.69. The van der Waals surface area contributed by atoms with Crippen molar-refractivity contribution in [1.29, 1.82) is 0 Å². The molecule has 0 aromatic carbocycles. The summed E-state index contributed by atoms with van der Waals surface area (Å²) in [5.41, 5.74) is 5.92. The second-order valence-electron chi connectivity index (χ2n) is 4.96. The Kier molecular flexibility index (Phi) is 8.06. The molecular formula is C14H28N4O2. The zero-order valence-electron chi connectivity index (χ0n) is 12.8. The summed E-state index contributed by atoms with van der Waals surface area (Å²) in [4.78, 5) is 4.12. The van der Waals surface area contributed by atoms with Gasteiger partial charge in [0.2, 0.25) is 0 Å². The van der Waals surface area contributed by atoms with E-state index in [0.717, 1.165) is 25.7 Å². The summed E-state index contributed by atoms with van der Waals surface area (Å²) in [6.45, 7) is 1.32. The molecule has 0 saturated heterocycles. The molecular weight excluding hydrogens is 256 g/mol. The van der Waals surface area contributed by atoms with Crippen LogP contribution < -0.4 is 16.4 Å². The average molecular weight is 284 g/mol. The Labute approximate surface area is 121 Å². The van der Waals surface area contributed by atoms with Gasteiger partial charge in [0.15, 0.2) is 5.88 Å². The second-order valence-corrected chi connectivity index (χ2v) is 4.96. The molecule has 20 heavy (non-hydrogen) atoms. The van der Waals surface area contributed by atoms with Crippen molar-refractivity contribution in [3.8, 4) is 0 Å². The number of hydrogen-bond acceptors (Lipinski definition) is 5. The van der Waals surface area contributed by atoms with Gasteiger partial charge >= 0.3 is 0 Å². The molecule has 6 nitrogen and oxygen atoms in total. The van der Waals surface area contributed by atoms with Crippen LogP contribution in [0.5, 0.6) is 0 Å². The van der Waals surface area contributed by atoms with Crippen LogP contribution in [0.25, 0.3) is 0 Å². The normalized spacial score (nSPS) is 24.6. The highest BCUT2D eigenvalue weighted by molar-refractivity contribution is 5.93. The van der Waals surface area contributed by atoms with Crippen molar-refractivity contribution in [1.82, 2.24) is 10.6 Å². The van der Waals surface area contributed by atoms with Crippen LogP contribution in [0, 0.1) is 0 Å². The van der Waals surface area contributed by atoms with E-state index in [0.29, 0.717) is 30.9 Å². The van der Waals surface area contributed by atoms with E-state index >= 15 is 0 Å². The highest BCUT2D eigenvalue weighted by Gasteiger charge is 2.21. The van der Waals surface area contributed by atoms with Crippen molar-refractivity contribution in [2.24, 2.45) is 10.7 Å². The number of nitrogens with two attached hydrogens (primary N) is 1. The number of nitrogens with one attached hydrogen (secondary N) is 2. The molecule has 1 fully saturated rings. The van der Waals surface area contributed by atoms with Crippen LogP contribution in [0.15, 0.2) is 17.0 Å². The van der Waals surface area contributed by atoms with E-state index in [1.165, 1.54) is 0 Å². The molecule has 0 spiro atoms. The van der Waals surface area contributed by atoms with Crippen molar-refractivity contribution in [3.63, 3.8) is 0 Å². The predicted octanol–water partition coefficient (Wildman–Crippen LogP) is 0.598. The maximum atomic E-state index is 5.92. The van der Waals surface area contributed by atoms with E-state index in [1.807, 2.05) is 7.05 Å². The third-order valence-electron chi connectivity index (χ3n) is 3.52. The highest BCUT2D eigenvalue weighted by Crippen LogP contribution is 2.21. The van der Waals surface area contributed by atoms with E-state index in [2.05, 4.69) is 15.6 Å². The summed E-state index contributed by atoms with van der Waals surface area (Å²) in [6, 6.07) is 0.614. The van der Waals surface area contributed by atoms with Crippen molar-refractivity contribution in [3.05, 3.63) is 12.0 Å². The molecule has 6 heteroatoms. The van der Waals surface area contributed by atoms with E-state index in [9.17, 15) is 0 Å². The summed E-state index contributed by atoms with van der Waals surface area (Å²) in [7, 11) is 5.39. The topological polar surface area (TPSA) is 80.9 Å². The number of nitrogens with zero attached hydrogens (tertiary/aromatic N) is 1. The number of ether oxygens (including phenoxy) is 2. The van der Waals surface area contributed by atoms with Gasteiger partial charge < -0.3 is 25.8 Å². The van der Waals surface area contributed by atoms with Crippen LogP contribution in [0.4, 0.5) is 0 Å². The summed E-state index contributed by atoms with van der Waals surface area (Å²) >= 11 is 0. The fraction of sp³-hybridized carbons (Fsp3) is 0.786. The zero-order valence-corrected chi connectivity index (χ0v) is 12.8. The van der Waals surface area contributed by atoms with Crippen LogP contribution in [0.2, 0.25) is 0 Å². The zero-order chi connectivity index (χ0) is 14.8. The molecule has 0 bridgehead atoms. The molecule has 1 saturated carbocycles. The summed E-state index contributed by atoms with van der Waals surface area (Å²) < 4.78 is 10.8. The molecule has 0 aromatic heterocycles. The van der Waals surface area contributed by atoms with Gasteiger partial charge in [-0.1, -0.05) is 0 Å². The monoisotopic (exact) mass is 284 g/mol. The molecule has 0 aliphatic heterocycles. The molecule has 0 amide bonds. The molecule has 4 N–H and O–H groups in total. The van der Waals surface area contributed by atoms with Gasteiger partial charge in [0, 0.05) is 32.8 Å². The molecule has 0 atom stereocenters. The lowest BCUT2D eigenvalue weighted by atomic mass is 9.93. The Morgan fingerprint density at radius 2 is 2.05 bits per heavy atom. The molecule has 0 heterocycles. The van der Waals surface area contributed by atoms with Crippen molar-refractivity contribution < 1.29 is 9.47 Å². The fourth-order valence-electron chi connectivity index (χ4n) is 2.31. The number of amidine groups is 1. The molecule has 0 unspecified atom stereocenters. The Morgan fingerprint density at radius 1 is 1.35 bits per heavy atom. The molecule has 0 aromatic rings. The molecule has 1 aliphatic rings. The SMILES string of the molecule is CN=C(C=C(N)OC1CCC(NC)CC1)NCCOC. The van der Waals surface area contributed by atoms with Gasteiger partial charge in [0.25, 0.3) is 0 Å². The first kappa shape index (κ1) is 16.8. The smallest absolute Gasteiger partial charge is 0.187 e. The van der Waals surface area contributed by atoms with Gasteiger partial charge in [-0.25, -0.2) is 0 Å². The molecule has 116 valence electrons. The van der Waals surface area contributed by atoms with Gasteiger partial charge in [0.05, 0.1) is 6.61 Å². The Morgan fingerprint density at radius 3 is 2.60 bits per heavy atom. The Balaban J connectivity index is 2.36. The Bertz CT molecular complexity index is 323. The first-order valence-corrected chi connectivity index (χ1v) is 7.20. The lowest BCUT2D eigenvalue weighted by molar-refractivity contribution is 0.0730. The van der Waals surface area contributed by atoms with Gasteiger partial charge in [-0.2, -0.15) is 0 Å². The summed E-state index contributed by atoms with van der Waals surface area (Å²) in [5.74, 6) is 1.13. The highest BCUT2D eigenvalue weighted by atomic mass is 16.5. The first-order valence-electron chi connectivity index (χ1n) is 7.20. The van der Waals surface area contributed by atoms with Gasteiger partial charge in [-0.3, -0.25) is 4.99 Å². The fourth-order valence-corrected chi connectivity index (χ4v) is 2.31. The third kappa shape index (κ3) is 6.25. The van der Waals surface area contributed by atoms with Gasteiger partial charge in [-0.15, -0.1) is 0 Å². The van der Waals surface area contributed by atoms with Crippen molar-refractivity contribution >= 4 is 5.84 Å². The van der Waals surface area contributed by atoms with E-state index in [1.54, 1.807) is 20.2 Å². The lowest BCUT2D eigenvalue weighted by Gasteiger charge is -2.28. The standard InChI is InChI=1S/C14H28N4O2/c1-16-11-4-6-12(7-5-11)20-13(15)10-14(17-2)18-8-9-19-3/h10-12,16H,4-9,15H2,1-3H3,(H,17,18). The van der Waals surface area contributed by atoms with E-state index in [-0.39, 0.29) is 6.10 Å². The average Bonchev–Trinajstić information content (AvgIpc) is 2.47. The van der Waals surface area contributed by atoms with Gasteiger partial charge in [0.1, 0.15) is 11.9 Å². The van der Waals surface area contributed by atoms with Crippen molar-refractivity contribution in [2.45, 2.75) is 37.8 Å². The maximum Gasteiger partial charge on any atom is 0.187 e. The van der Waals surface area contributed by atoms with Gasteiger partial charge in [-0.05, 0) is 32.7 Å². The number of hydrogen-bond donors (Lipinski definition) is 3. The second kappa shape index (κ2) is 9.61. The number of rotatable bonds is 7. The van der Waals surface area contributed by atoms with Crippen LogP contribution in [0.3, 0.4) is 0 Å². The Hall–Kier alpha value is -1.27. The summed E-state index contributed by atoms with van der Waals surface area (Å²) in [6.07, 6.45) is 6.29.